The van der Waals surface area contributed by atoms with E-state index in [-0.39, 0.29) is 12.2 Å². The number of aliphatic hydroxyl groups excluding tert-OH is 1. The Labute approximate surface area is 85.3 Å². The van der Waals surface area contributed by atoms with Crippen molar-refractivity contribution in [1.82, 2.24) is 0 Å². The summed E-state index contributed by atoms with van der Waals surface area (Å²) in [6.45, 7) is 1.66. The van der Waals surface area contributed by atoms with Crippen LogP contribution in [0.5, 0.6) is 0 Å². The van der Waals surface area contributed by atoms with Crippen LogP contribution in [0.25, 0.3) is 0 Å². The normalized spacial score (nSPS) is 12.3. The van der Waals surface area contributed by atoms with Gasteiger partial charge in [0.15, 0.2) is 6.10 Å². The van der Waals surface area contributed by atoms with Crippen molar-refractivity contribution >= 4 is 5.97 Å². The number of hydrogen-bond donors (Lipinski definition) is 1. The third-order valence-corrected chi connectivity index (χ3v) is 1.71. The Kier molecular flexibility index (Phi) is 3.74. The van der Waals surface area contributed by atoms with Crippen molar-refractivity contribution in [1.29, 1.82) is 0 Å². The fraction of sp³-hybridized carbons (Fsp3) is 0.300. The van der Waals surface area contributed by atoms with Gasteiger partial charge in [-0.25, -0.2) is 13.6 Å². The molecule has 1 aromatic rings. The van der Waals surface area contributed by atoms with E-state index in [9.17, 15) is 18.7 Å². The fourth-order valence-electron chi connectivity index (χ4n) is 1.09. The first kappa shape index (κ1) is 11.6. The molecule has 1 rings (SSSR count). The summed E-state index contributed by atoms with van der Waals surface area (Å²) in [7, 11) is 0. The number of esters is 1. The molecule has 3 nitrogen and oxygen atoms in total. The maximum Gasteiger partial charge on any atom is 0.339 e. The van der Waals surface area contributed by atoms with Crippen LogP contribution in [-0.2, 0) is 9.53 Å². The molecule has 5 heteroatoms. The van der Waals surface area contributed by atoms with Gasteiger partial charge in [0.1, 0.15) is 11.6 Å². The molecule has 0 aliphatic carbocycles. The molecule has 0 radical (unpaired) electrons. The molecule has 82 valence electrons. The van der Waals surface area contributed by atoms with Crippen LogP contribution in [0.1, 0.15) is 18.6 Å². The van der Waals surface area contributed by atoms with Crippen molar-refractivity contribution in [3.63, 3.8) is 0 Å². The molecule has 0 unspecified atom stereocenters. The summed E-state index contributed by atoms with van der Waals surface area (Å²) in [6.07, 6.45) is -1.66. The second-order valence-corrected chi connectivity index (χ2v) is 2.86. The first-order valence-corrected chi connectivity index (χ1v) is 4.35. The zero-order chi connectivity index (χ0) is 11.4. The van der Waals surface area contributed by atoms with Gasteiger partial charge in [-0.05, 0) is 24.6 Å². The van der Waals surface area contributed by atoms with Crippen LogP contribution in [-0.4, -0.2) is 17.7 Å². The molecule has 1 atom stereocenters. The van der Waals surface area contributed by atoms with Gasteiger partial charge in [-0.2, -0.15) is 0 Å². The highest BCUT2D eigenvalue weighted by Crippen LogP contribution is 2.17. The average molecular weight is 216 g/mol. The standard InChI is InChI=1S/C10H10F2O3/c1-2-15-10(14)9(13)6-3-7(11)5-8(12)4-6/h3-5,9,13H,2H2,1H3/t9-/m1/s1. The van der Waals surface area contributed by atoms with E-state index in [4.69, 9.17) is 0 Å². The maximum atomic E-state index is 12.7. The van der Waals surface area contributed by atoms with Crippen LogP contribution in [0, 0.1) is 11.6 Å². The fourth-order valence-corrected chi connectivity index (χ4v) is 1.09. The lowest BCUT2D eigenvalue weighted by Gasteiger charge is -2.09. The lowest BCUT2D eigenvalue weighted by atomic mass is 10.1. The quantitative estimate of drug-likeness (QED) is 0.780. The van der Waals surface area contributed by atoms with Crippen LogP contribution in [0.3, 0.4) is 0 Å². The summed E-state index contributed by atoms with van der Waals surface area (Å²) in [5.41, 5.74) is -0.161. The van der Waals surface area contributed by atoms with Gasteiger partial charge in [-0.3, -0.25) is 0 Å². The van der Waals surface area contributed by atoms with Crippen LogP contribution < -0.4 is 0 Å². The molecule has 0 bridgehead atoms. The van der Waals surface area contributed by atoms with Gasteiger partial charge in [0.05, 0.1) is 6.61 Å². The summed E-state index contributed by atoms with van der Waals surface area (Å²) in [4.78, 5) is 11.0. The zero-order valence-electron chi connectivity index (χ0n) is 8.04. The Morgan fingerprint density at radius 1 is 1.40 bits per heavy atom. The molecule has 0 aliphatic heterocycles. The summed E-state index contributed by atoms with van der Waals surface area (Å²) in [5.74, 6) is -2.64. The van der Waals surface area contributed by atoms with E-state index in [2.05, 4.69) is 4.74 Å². The molecular formula is C10H10F2O3. The molecule has 0 heterocycles. The Balaban J connectivity index is 2.90. The number of halogens is 2. The number of aliphatic hydroxyl groups is 1. The minimum absolute atomic E-state index is 0.0910. The van der Waals surface area contributed by atoms with E-state index in [0.29, 0.717) is 6.07 Å². The predicted molar refractivity (Wildman–Crippen MR) is 48.0 cm³/mol. The number of carbonyl (C=O) groups is 1. The first-order chi connectivity index (χ1) is 7.04. The van der Waals surface area contributed by atoms with Gasteiger partial charge < -0.3 is 9.84 Å². The van der Waals surface area contributed by atoms with E-state index in [0.717, 1.165) is 12.1 Å². The minimum Gasteiger partial charge on any atom is -0.464 e. The Morgan fingerprint density at radius 3 is 2.40 bits per heavy atom. The minimum atomic E-state index is -1.66. The van der Waals surface area contributed by atoms with Gasteiger partial charge in [-0.1, -0.05) is 0 Å². The zero-order valence-corrected chi connectivity index (χ0v) is 8.04. The monoisotopic (exact) mass is 216 g/mol. The molecular weight excluding hydrogens is 206 g/mol. The van der Waals surface area contributed by atoms with Crippen LogP contribution in [0.4, 0.5) is 8.78 Å². The average Bonchev–Trinajstić information content (AvgIpc) is 2.15. The smallest absolute Gasteiger partial charge is 0.339 e. The molecule has 0 aliphatic rings. The Bertz CT molecular complexity index is 345. The number of hydrogen-bond acceptors (Lipinski definition) is 3. The van der Waals surface area contributed by atoms with E-state index < -0.39 is 23.7 Å². The van der Waals surface area contributed by atoms with Crippen molar-refractivity contribution < 1.29 is 23.4 Å². The van der Waals surface area contributed by atoms with Gasteiger partial charge in [-0.15, -0.1) is 0 Å². The van der Waals surface area contributed by atoms with Crippen LogP contribution >= 0.6 is 0 Å². The molecule has 1 aromatic carbocycles. The van der Waals surface area contributed by atoms with Crippen molar-refractivity contribution in [2.24, 2.45) is 0 Å². The number of ether oxygens (including phenoxy) is 1. The number of rotatable bonds is 3. The highest BCUT2D eigenvalue weighted by atomic mass is 19.1. The van der Waals surface area contributed by atoms with E-state index in [1.54, 1.807) is 6.92 Å². The number of carbonyl (C=O) groups excluding carboxylic acids is 1. The lowest BCUT2D eigenvalue weighted by molar-refractivity contribution is -0.153. The summed E-state index contributed by atoms with van der Waals surface area (Å²) < 4.78 is 30.0. The second-order valence-electron chi connectivity index (χ2n) is 2.86. The SMILES string of the molecule is CCOC(=O)[C@H](O)c1cc(F)cc(F)c1. The van der Waals surface area contributed by atoms with Crippen LogP contribution in [0.15, 0.2) is 18.2 Å². The third-order valence-electron chi connectivity index (χ3n) is 1.71. The van der Waals surface area contributed by atoms with E-state index in [1.165, 1.54) is 0 Å². The molecule has 0 saturated carbocycles. The van der Waals surface area contributed by atoms with Crippen molar-refractivity contribution in [2.75, 3.05) is 6.61 Å². The molecule has 15 heavy (non-hydrogen) atoms. The Hall–Kier alpha value is -1.49. The maximum absolute atomic E-state index is 12.7. The highest BCUT2D eigenvalue weighted by Gasteiger charge is 2.19. The van der Waals surface area contributed by atoms with Gasteiger partial charge in [0, 0.05) is 6.07 Å². The second kappa shape index (κ2) is 4.84. The molecule has 0 saturated heterocycles. The van der Waals surface area contributed by atoms with Crippen molar-refractivity contribution in [3.05, 3.63) is 35.4 Å². The molecule has 1 N–H and O–H groups in total. The van der Waals surface area contributed by atoms with Gasteiger partial charge in [0.2, 0.25) is 0 Å². The van der Waals surface area contributed by atoms with E-state index >= 15 is 0 Å². The molecule has 0 aromatic heterocycles. The predicted octanol–water partition coefficient (Wildman–Crippen LogP) is 1.56. The lowest BCUT2D eigenvalue weighted by Crippen LogP contribution is -2.15. The molecule has 0 amide bonds. The largest absolute Gasteiger partial charge is 0.464 e. The number of benzene rings is 1. The molecule has 0 fully saturated rings. The van der Waals surface area contributed by atoms with Crippen LogP contribution in [0.2, 0.25) is 0 Å². The van der Waals surface area contributed by atoms with E-state index in [1.807, 2.05) is 0 Å². The summed E-state index contributed by atoms with van der Waals surface area (Å²) in [6, 6.07) is 2.41. The van der Waals surface area contributed by atoms with Crippen molar-refractivity contribution in [2.45, 2.75) is 13.0 Å². The van der Waals surface area contributed by atoms with Gasteiger partial charge in [0.25, 0.3) is 0 Å². The topological polar surface area (TPSA) is 46.5 Å². The summed E-state index contributed by atoms with van der Waals surface area (Å²) in [5, 5.41) is 9.36. The molecule has 0 spiro atoms. The van der Waals surface area contributed by atoms with Gasteiger partial charge >= 0.3 is 5.97 Å². The first-order valence-electron chi connectivity index (χ1n) is 4.35. The highest BCUT2D eigenvalue weighted by molar-refractivity contribution is 5.76. The summed E-state index contributed by atoms with van der Waals surface area (Å²) >= 11 is 0. The third kappa shape index (κ3) is 2.99. The Morgan fingerprint density at radius 2 is 1.93 bits per heavy atom. The van der Waals surface area contributed by atoms with Crippen molar-refractivity contribution in [3.8, 4) is 0 Å².